The van der Waals surface area contributed by atoms with Gasteiger partial charge in [-0.2, -0.15) is 26.3 Å². The lowest BCUT2D eigenvalue weighted by Crippen LogP contribution is -2.46. The molecule has 0 saturated heterocycles. The average molecular weight is 737 g/mol. The van der Waals surface area contributed by atoms with E-state index < -0.39 is 41.9 Å². The minimum absolute atomic E-state index is 0.0243. The molecule has 2 aliphatic rings. The van der Waals surface area contributed by atoms with Gasteiger partial charge >= 0.3 is 25.2 Å². The first-order valence-electron chi connectivity index (χ1n) is 17.3. The number of hydrogen-bond acceptors (Lipinski definition) is 2. The second-order valence-electron chi connectivity index (χ2n) is 14.1. The number of carboxylic acids is 1. The number of halogens is 6. The molecule has 5 aromatic rings. The third-order valence-electron chi connectivity index (χ3n) is 10.7. The van der Waals surface area contributed by atoms with Crippen LogP contribution < -0.4 is 10.9 Å². The van der Waals surface area contributed by atoms with Crippen LogP contribution in [0.1, 0.15) is 64.2 Å². The highest BCUT2D eigenvalue weighted by Gasteiger charge is 2.43. The van der Waals surface area contributed by atoms with Crippen LogP contribution >= 0.6 is 0 Å². The number of nitrogens with zero attached hydrogens (tertiary/aromatic N) is 2. The van der Waals surface area contributed by atoms with E-state index in [1.165, 1.54) is 0 Å². The number of aliphatic imine (C=N–C) groups is 1. The number of allylic oxidation sites excluding steroid dienone is 1. The van der Waals surface area contributed by atoms with Crippen molar-refractivity contribution < 1.29 is 36.2 Å². The van der Waals surface area contributed by atoms with Crippen LogP contribution in [0.4, 0.5) is 26.3 Å². The normalized spacial score (nSPS) is 15.1. The summed E-state index contributed by atoms with van der Waals surface area (Å²) in [6.45, 7) is 11.9. The smallest absolute Gasteiger partial charge is 0.417 e. The van der Waals surface area contributed by atoms with Gasteiger partial charge in [0.1, 0.15) is 0 Å². The second-order valence-corrected chi connectivity index (χ2v) is 14.1. The van der Waals surface area contributed by atoms with Crippen molar-refractivity contribution in [3.63, 3.8) is 0 Å². The van der Waals surface area contributed by atoms with Crippen molar-refractivity contribution >= 4 is 35.0 Å². The molecular formula is C43H35BF6N2O2. The largest absolute Gasteiger partial charge is 0.478 e. The number of hydrogen-bond donors (Lipinski definition) is 1. The Kier molecular flexibility index (Phi) is 8.70. The lowest BCUT2D eigenvalue weighted by atomic mass is 9.53. The highest BCUT2D eigenvalue weighted by molar-refractivity contribution is 6.88. The topological polar surface area (TPSA) is 54.6 Å². The Morgan fingerprint density at radius 3 is 1.78 bits per heavy atom. The maximum absolute atomic E-state index is 14.9. The number of rotatable bonds is 5. The molecule has 4 aromatic carbocycles. The van der Waals surface area contributed by atoms with Crippen LogP contribution in [0, 0.1) is 34.6 Å². The number of carbonyl (C=O) groups is 1. The number of aromatic nitrogens is 1. The molecule has 0 fully saturated rings. The van der Waals surface area contributed by atoms with Gasteiger partial charge in [0, 0.05) is 22.5 Å². The fraction of sp³-hybridized carbons (Fsp3) is 0.209. The Bertz CT molecular complexity index is 2470. The summed E-state index contributed by atoms with van der Waals surface area (Å²) in [4.78, 5) is 17.4. The molecule has 0 amide bonds. The molecular weight excluding hydrogens is 701 g/mol. The van der Waals surface area contributed by atoms with Crippen LogP contribution in [0.15, 0.2) is 101 Å². The fourth-order valence-corrected chi connectivity index (χ4v) is 8.65. The average Bonchev–Trinajstić information content (AvgIpc) is 3.66. The van der Waals surface area contributed by atoms with E-state index in [0.717, 1.165) is 50.4 Å². The molecule has 1 N–H and O–H groups in total. The summed E-state index contributed by atoms with van der Waals surface area (Å²) in [5.74, 6) is -1.16. The SMILES string of the molecule is CC1=N/C(=C(/c2c(C)cc(C)cc2C)c2c(C)c(-c3ccc(C(F)(F)F)cc3C(F)(F)F)c(C)n2B2c3ccccc3-c3ccccc32)C(C)=C1C(=O)O. The molecule has 54 heavy (non-hydrogen) atoms. The first-order valence-corrected chi connectivity index (χ1v) is 17.3. The quantitative estimate of drug-likeness (QED) is 0.142. The third-order valence-corrected chi connectivity index (χ3v) is 10.7. The lowest BCUT2D eigenvalue weighted by Gasteiger charge is -2.24. The first kappa shape index (κ1) is 36.8. The molecule has 4 nitrogen and oxygen atoms in total. The molecule has 0 atom stereocenters. The molecule has 0 aliphatic carbocycles. The summed E-state index contributed by atoms with van der Waals surface area (Å²) in [5.41, 5.74) is 6.80. The molecule has 2 aliphatic heterocycles. The van der Waals surface area contributed by atoms with Gasteiger partial charge in [-0.3, -0.25) is 4.99 Å². The summed E-state index contributed by atoms with van der Waals surface area (Å²) in [5, 5.41) is 10.3. The number of carboxylic acid groups (broad SMARTS) is 1. The van der Waals surface area contributed by atoms with Gasteiger partial charge in [0.05, 0.1) is 28.1 Å². The second kappa shape index (κ2) is 12.8. The number of aryl methyl sites for hydroxylation is 3. The van der Waals surface area contributed by atoms with Crippen LogP contribution in [0.25, 0.3) is 27.8 Å². The van der Waals surface area contributed by atoms with Crippen LogP contribution in [0.2, 0.25) is 0 Å². The maximum Gasteiger partial charge on any atom is 0.417 e. The molecule has 7 rings (SSSR count). The van der Waals surface area contributed by atoms with Crippen LogP contribution in [0.5, 0.6) is 0 Å². The zero-order chi connectivity index (χ0) is 39.2. The van der Waals surface area contributed by atoms with Gasteiger partial charge in [-0.1, -0.05) is 72.3 Å². The van der Waals surface area contributed by atoms with Crippen LogP contribution in [0.3, 0.4) is 0 Å². The van der Waals surface area contributed by atoms with Gasteiger partial charge in [-0.15, -0.1) is 0 Å². The van der Waals surface area contributed by atoms with Gasteiger partial charge in [-0.05, 0) is 116 Å². The Balaban J connectivity index is 1.71. The van der Waals surface area contributed by atoms with E-state index in [-0.39, 0.29) is 22.9 Å². The summed E-state index contributed by atoms with van der Waals surface area (Å²) in [6.07, 6.45) is -10.1. The molecule has 0 spiro atoms. The minimum atomic E-state index is -5.13. The van der Waals surface area contributed by atoms with Gasteiger partial charge in [0.15, 0.2) is 0 Å². The predicted molar refractivity (Wildman–Crippen MR) is 202 cm³/mol. The molecule has 0 saturated carbocycles. The van der Waals surface area contributed by atoms with Crippen molar-refractivity contribution in [2.45, 2.75) is 60.8 Å². The summed E-state index contributed by atoms with van der Waals surface area (Å²) in [7, 11) is 0. The number of aliphatic carboxylic acids is 1. The molecule has 3 heterocycles. The lowest BCUT2D eigenvalue weighted by molar-refractivity contribution is -0.142. The predicted octanol–water partition coefficient (Wildman–Crippen LogP) is 10.0. The Morgan fingerprint density at radius 2 is 1.28 bits per heavy atom. The fourth-order valence-electron chi connectivity index (χ4n) is 8.65. The highest BCUT2D eigenvalue weighted by atomic mass is 19.4. The van der Waals surface area contributed by atoms with Gasteiger partial charge in [0.25, 0.3) is 0 Å². The van der Waals surface area contributed by atoms with Crippen molar-refractivity contribution in [1.82, 2.24) is 4.48 Å². The van der Waals surface area contributed by atoms with Gasteiger partial charge < -0.3 is 9.58 Å². The van der Waals surface area contributed by atoms with Crippen molar-refractivity contribution in [2.75, 3.05) is 0 Å². The van der Waals surface area contributed by atoms with E-state index in [0.29, 0.717) is 39.9 Å². The van der Waals surface area contributed by atoms with E-state index >= 15 is 0 Å². The van der Waals surface area contributed by atoms with Crippen molar-refractivity contribution in [2.24, 2.45) is 4.99 Å². The molecule has 11 heteroatoms. The zero-order valence-electron chi connectivity index (χ0n) is 30.6. The van der Waals surface area contributed by atoms with E-state index in [9.17, 15) is 36.2 Å². The summed E-state index contributed by atoms with van der Waals surface area (Å²) < 4.78 is 88.5. The van der Waals surface area contributed by atoms with Crippen LogP contribution in [-0.2, 0) is 17.1 Å². The zero-order valence-corrected chi connectivity index (χ0v) is 30.6. The maximum atomic E-state index is 14.9. The van der Waals surface area contributed by atoms with E-state index in [4.69, 9.17) is 4.99 Å². The highest BCUT2D eigenvalue weighted by Crippen LogP contribution is 2.48. The van der Waals surface area contributed by atoms with Gasteiger partial charge in [0.2, 0.25) is 0 Å². The van der Waals surface area contributed by atoms with Crippen molar-refractivity contribution in [3.05, 3.63) is 146 Å². The Morgan fingerprint density at radius 1 is 0.722 bits per heavy atom. The molecule has 0 unspecified atom stereocenters. The first-order chi connectivity index (χ1) is 25.3. The number of benzene rings is 4. The molecule has 1 aromatic heterocycles. The van der Waals surface area contributed by atoms with Crippen molar-refractivity contribution in [1.29, 1.82) is 0 Å². The Hall–Kier alpha value is -5.58. The van der Waals surface area contributed by atoms with E-state index in [2.05, 4.69) is 0 Å². The molecule has 274 valence electrons. The van der Waals surface area contributed by atoms with Crippen LogP contribution in [-0.4, -0.2) is 28.1 Å². The Labute approximate surface area is 309 Å². The molecule has 0 bridgehead atoms. The van der Waals surface area contributed by atoms with Gasteiger partial charge in [-0.25, -0.2) is 4.79 Å². The van der Waals surface area contributed by atoms with Crippen molar-refractivity contribution in [3.8, 4) is 22.3 Å². The number of alkyl halides is 6. The minimum Gasteiger partial charge on any atom is -0.478 e. The monoisotopic (exact) mass is 736 g/mol. The van der Waals surface area contributed by atoms with E-state index in [1.807, 2.05) is 85.9 Å². The third kappa shape index (κ3) is 5.72. The summed E-state index contributed by atoms with van der Waals surface area (Å²) >= 11 is 0. The number of fused-ring (bicyclic) bond motifs is 3. The molecule has 0 radical (unpaired) electrons. The standard InChI is InChI=1S/C43H35BF6N2O2/c1-21-18-22(2)35(23(3)19-21)38(39-24(4)36(41(53)54)26(6)51-39)40-25(5)37(31-17-16-28(42(45,46)47)20-32(31)43(48,49)50)27(7)52(40)44-33-14-10-8-12-29(33)30-13-9-11-15-34(30)44/h8-20H,1-7H3,(H,53,54)/b39-38-. The van der Waals surface area contributed by atoms with E-state index in [1.54, 1.807) is 27.7 Å². The summed E-state index contributed by atoms with van der Waals surface area (Å²) in [6, 6.07) is 21.3.